The molecule has 74 valence electrons. The predicted molar refractivity (Wildman–Crippen MR) is 45.2 cm³/mol. The zero-order valence-electron chi connectivity index (χ0n) is 7.24. The molecule has 0 aliphatic carbocycles. The number of aliphatic hydroxyl groups is 2. The van der Waals surface area contributed by atoms with Crippen LogP contribution < -0.4 is 4.72 Å². The molecular formula is C6H15NO4S. The minimum atomic E-state index is -3.37. The van der Waals surface area contributed by atoms with E-state index in [-0.39, 0.29) is 5.75 Å². The van der Waals surface area contributed by atoms with Crippen molar-refractivity contribution in [3.8, 4) is 0 Å². The number of nitrogens with one attached hydrogen (secondary N) is 1. The Morgan fingerprint density at radius 3 is 2.00 bits per heavy atom. The molecule has 0 saturated carbocycles. The highest BCUT2D eigenvalue weighted by Gasteiger charge is 2.27. The Kier molecular flexibility index (Phi) is 4.12. The van der Waals surface area contributed by atoms with Crippen LogP contribution >= 0.6 is 0 Å². The van der Waals surface area contributed by atoms with Crippen LogP contribution in [0.1, 0.15) is 13.8 Å². The van der Waals surface area contributed by atoms with Gasteiger partial charge in [-0.05, 0) is 13.8 Å². The fourth-order valence-corrected chi connectivity index (χ4v) is 1.59. The molecule has 0 unspecified atom stereocenters. The summed E-state index contributed by atoms with van der Waals surface area (Å²) in [5.41, 5.74) is -1.16. The van der Waals surface area contributed by atoms with Gasteiger partial charge in [0.05, 0.1) is 24.5 Å². The van der Waals surface area contributed by atoms with Crippen LogP contribution in [0, 0.1) is 0 Å². The average molecular weight is 197 g/mol. The molecule has 0 spiro atoms. The maximum Gasteiger partial charge on any atom is 0.211 e. The first-order valence-corrected chi connectivity index (χ1v) is 5.28. The van der Waals surface area contributed by atoms with Gasteiger partial charge in [0.15, 0.2) is 0 Å². The molecule has 0 atom stereocenters. The Hall–Kier alpha value is -0.170. The second-order valence-electron chi connectivity index (χ2n) is 2.88. The van der Waals surface area contributed by atoms with E-state index in [1.165, 1.54) is 13.8 Å². The third-order valence-electron chi connectivity index (χ3n) is 1.48. The highest BCUT2D eigenvalue weighted by Crippen LogP contribution is 2.03. The minimum absolute atomic E-state index is 0.0669. The van der Waals surface area contributed by atoms with Gasteiger partial charge in [0.1, 0.15) is 0 Å². The zero-order chi connectivity index (χ0) is 9.83. The molecule has 0 aromatic rings. The van der Waals surface area contributed by atoms with Crippen LogP contribution in [0.2, 0.25) is 0 Å². The molecule has 6 heteroatoms. The van der Waals surface area contributed by atoms with E-state index in [1.807, 2.05) is 0 Å². The van der Waals surface area contributed by atoms with Gasteiger partial charge in [0.25, 0.3) is 0 Å². The largest absolute Gasteiger partial charge is 0.394 e. The molecular weight excluding hydrogens is 182 g/mol. The van der Waals surface area contributed by atoms with Crippen LogP contribution in [-0.2, 0) is 10.0 Å². The number of hydrogen-bond donors (Lipinski definition) is 3. The van der Waals surface area contributed by atoms with Crippen molar-refractivity contribution >= 4 is 10.0 Å². The summed E-state index contributed by atoms with van der Waals surface area (Å²) in [5, 5.41) is 17.5. The second-order valence-corrected chi connectivity index (χ2v) is 4.89. The molecule has 0 aliphatic rings. The van der Waals surface area contributed by atoms with Crippen LogP contribution in [0.5, 0.6) is 0 Å². The van der Waals surface area contributed by atoms with Crippen LogP contribution in [0.3, 0.4) is 0 Å². The standard InChI is InChI=1S/C6H15NO4S/c1-3-12(10,11)7-6(2,4-8)5-9/h7-9H,3-5H2,1-2H3. The Bertz CT molecular complexity index is 220. The van der Waals surface area contributed by atoms with Gasteiger partial charge >= 0.3 is 0 Å². The third kappa shape index (κ3) is 3.48. The lowest BCUT2D eigenvalue weighted by Gasteiger charge is -2.25. The quantitative estimate of drug-likeness (QED) is 0.509. The van der Waals surface area contributed by atoms with E-state index < -0.39 is 28.8 Å². The molecule has 0 aromatic heterocycles. The van der Waals surface area contributed by atoms with E-state index in [4.69, 9.17) is 10.2 Å². The summed E-state index contributed by atoms with van der Waals surface area (Å²) < 4.78 is 24.2. The Morgan fingerprint density at radius 1 is 1.33 bits per heavy atom. The van der Waals surface area contributed by atoms with Crippen LogP contribution in [-0.4, -0.2) is 43.1 Å². The molecule has 3 N–H and O–H groups in total. The van der Waals surface area contributed by atoms with Crippen molar-refractivity contribution in [3.63, 3.8) is 0 Å². The second kappa shape index (κ2) is 4.18. The normalized spacial score (nSPS) is 13.3. The van der Waals surface area contributed by atoms with Gasteiger partial charge in [0.2, 0.25) is 10.0 Å². The predicted octanol–water partition coefficient (Wildman–Crippen LogP) is -1.33. The van der Waals surface area contributed by atoms with E-state index in [0.29, 0.717) is 0 Å². The van der Waals surface area contributed by atoms with Crippen LogP contribution in [0.4, 0.5) is 0 Å². The van der Waals surface area contributed by atoms with Crippen molar-refractivity contribution in [2.45, 2.75) is 19.4 Å². The molecule has 0 aliphatic heterocycles. The smallest absolute Gasteiger partial charge is 0.211 e. The number of aliphatic hydroxyl groups excluding tert-OH is 2. The highest BCUT2D eigenvalue weighted by molar-refractivity contribution is 7.89. The molecule has 0 rings (SSSR count). The van der Waals surface area contributed by atoms with E-state index in [2.05, 4.69) is 4.72 Å². The SMILES string of the molecule is CCS(=O)(=O)NC(C)(CO)CO. The maximum atomic E-state index is 11.0. The van der Waals surface area contributed by atoms with Gasteiger partial charge in [-0.1, -0.05) is 0 Å². The van der Waals surface area contributed by atoms with Crippen molar-refractivity contribution in [2.24, 2.45) is 0 Å². The van der Waals surface area contributed by atoms with Crippen LogP contribution in [0.15, 0.2) is 0 Å². The monoisotopic (exact) mass is 197 g/mol. The molecule has 12 heavy (non-hydrogen) atoms. The fraction of sp³-hybridized carbons (Fsp3) is 1.00. The third-order valence-corrected chi connectivity index (χ3v) is 3.04. The molecule has 0 heterocycles. The summed E-state index contributed by atoms with van der Waals surface area (Å²) in [6.45, 7) is 2.06. The van der Waals surface area contributed by atoms with Gasteiger partial charge in [-0.25, -0.2) is 13.1 Å². The van der Waals surface area contributed by atoms with E-state index in [0.717, 1.165) is 0 Å². The maximum absolute atomic E-state index is 11.0. The first-order valence-electron chi connectivity index (χ1n) is 3.62. The lowest BCUT2D eigenvalue weighted by molar-refractivity contribution is 0.122. The lowest BCUT2D eigenvalue weighted by atomic mass is 10.1. The van der Waals surface area contributed by atoms with Crippen molar-refractivity contribution in [3.05, 3.63) is 0 Å². The number of rotatable bonds is 5. The summed E-state index contributed by atoms with van der Waals surface area (Å²) in [7, 11) is -3.37. The number of sulfonamides is 1. The zero-order valence-corrected chi connectivity index (χ0v) is 8.06. The minimum Gasteiger partial charge on any atom is -0.394 e. The summed E-state index contributed by atoms with van der Waals surface area (Å²) >= 11 is 0. The fourth-order valence-electron chi connectivity index (χ4n) is 0.562. The molecule has 0 radical (unpaired) electrons. The van der Waals surface area contributed by atoms with Crippen molar-refractivity contribution in [2.75, 3.05) is 19.0 Å². The Morgan fingerprint density at radius 2 is 1.75 bits per heavy atom. The molecule has 0 saturated heterocycles. The van der Waals surface area contributed by atoms with Crippen molar-refractivity contribution < 1.29 is 18.6 Å². The molecule has 5 nitrogen and oxygen atoms in total. The van der Waals surface area contributed by atoms with E-state index in [9.17, 15) is 8.42 Å². The van der Waals surface area contributed by atoms with Gasteiger partial charge in [0, 0.05) is 0 Å². The first-order chi connectivity index (χ1) is 5.39. The summed E-state index contributed by atoms with van der Waals surface area (Å²) in [4.78, 5) is 0. The summed E-state index contributed by atoms with van der Waals surface area (Å²) in [5.74, 6) is -0.0669. The summed E-state index contributed by atoms with van der Waals surface area (Å²) in [6, 6.07) is 0. The Balaban J connectivity index is 4.42. The number of hydrogen-bond acceptors (Lipinski definition) is 4. The molecule has 0 amide bonds. The molecule has 0 fully saturated rings. The topological polar surface area (TPSA) is 86.6 Å². The van der Waals surface area contributed by atoms with Gasteiger partial charge in [-0.15, -0.1) is 0 Å². The van der Waals surface area contributed by atoms with Crippen molar-refractivity contribution in [1.82, 2.24) is 4.72 Å². The average Bonchev–Trinajstić information content (AvgIpc) is 2.04. The van der Waals surface area contributed by atoms with E-state index in [1.54, 1.807) is 0 Å². The van der Waals surface area contributed by atoms with Crippen LogP contribution in [0.25, 0.3) is 0 Å². The molecule has 0 aromatic carbocycles. The first kappa shape index (κ1) is 11.8. The molecule has 0 bridgehead atoms. The van der Waals surface area contributed by atoms with E-state index >= 15 is 0 Å². The van der Waals surface area contributed by atoms with Gasteiger partial charge < -0.3 is 10.2 Å². The highest BCUT2D eigenvalue weighted by atomic mass is 32.2. The van der Waals surface area contributed by atoms with Crippen molar-refractivity contribution in [1.29, 1.82) is 0 Å². The Labute approximate surface area is 72.5 Å². The van der Waals surface area contributed by atoms with Gasteiger partial charge in [-0.3, -0.25) is 0 Å². The van der Waals surface area contributed by atoms with Gasteiger partial charge in [-0.2, -0.15) is 0 Å². The summed E-state index contributed by atoms with van der Waals surface area (Å²) in [6.07, 6.45) is 0. The lowest BCUT2D eigenvalue weighted by Crippen LogP contribution is -2.52.